The first-order valence-corrected chi connectivity index (χ1v) is 4.21. The van der Waals surface area contributed by atoms with Crippen molar-refractivity contribution in [2.45, 2.75) is 18.3 Å². The molecule has 0 saturated heterocycles. The molecule has 2 atom stereocenters. The molecule has 0 radical (unpaired) electrons. The Kier molecular flexibility index (Phi) is 4.47. The summed E-state index contributed by atoms with van der Waals surface area (Å²) in [6.07, 6.45) is 1.11. The topological polar surface area (TPSA) is 46.5 Å². The summed E-state index contributed by atoms with van der Waals surface area (Å²) in [6, 6.07) is 0. The molecule has 0 aromatic heterocycles. The van der Waals surface area contributed by atoms with Crippen LogP contribution in [0.5, 0.6) is 0 Å². The van der Waals surface area contributed by atoms with Crippen molar-refractivity contribution in [1.29, 1.82) is 0 Å². The minimum absolute atomic E-state index is 0.373. The second kappa shape index (κ2) is 4.57. The number of aliphatic hydroxyl groups excluding tert-OH is 1. The van der Waals surface area contributed by atoms with Crippen molar-refractivity contribution < 1.29 is 14.6 Å². The van der Waals surface area contributed by atoms with E-state index in [1.807, 2.05) is 0 Å². The Hall–Kier alpha value is -0.220. The average Bonchev–Trinajstić information content (AvgIpc) is 1.88. The number of thioether (sulfide) groups is 1. The first kappa shape index (κ1) is 9.78. The summed E-state index contributed by atoms with van der Waals surface area (Å²) in [7, 11) is 1.31. The van der Waals surface area contributed by atoms with Gasteiger partial charge in [0.05, 0.1) is 13.2 Å². The molecule has 0 aliphatic heterocycles. The van der Waals surface area contributed by atoms with Crippen molar-refractivity contribution >= 4 is 17.7 Å². The molecule has 0 rings (SSSR count). The van der Waals surface area contributed by atoms with Crippen molar-refractivity contribution in [2.75, 3.05) is 13.4 Å². The molecule has 0 aliphatic rings. The highest BCUT2D eigenvalue weighted by molar-refractivity contribution is 7.99. The van der Waals surface area contributed by atoms with Gasteiger partial charge in [-0.3, -0.25) is 4.79 Å². The van der Waals surface area contributed by atoms with Crippen LogP contribution in [-0.4, -0.2) is 35.8 Å². The molecule has 0 aromatic rings. The Balaban J connectivity index is 3.93. The van der Waals surface area contributed by atoms with Crippen LogP contribution in [-0.2, 0) is 9.53 Å². The standard InChI is InChI=1S/C6H12O3S/c1-4(7)5(10-3)6(8)9-2/h4-5,7H,1-3H3/t4-,5-/m1/s1. The van der Waals surface area contributed by atoms with Crippen molar-refractivity contribution in [2.24, 2.45) is 0 Å². The highest BCUT2D eigenvalue weighted by Crippen LogP contribution is 2.12. The van der Waals surface area contributed by atoms with E-state index in [-0.39, 0.29) is 5.97 Å². The molecule has 0 aromatic carbocycles. The van der Waals surface area contributed by atoms with Gasteiger partial charge in [-0.1, -0.05) is 0 Å². The van der Waals surface area contributed by atoms with Crippen LogP contribution >= 0.6 is 11.8 Å². The van der Waals surface area contributed by atoms with Crippen LogP contribution < -0.4 is 0 Å². The fraction of sp³-hybridized carbons (Fsp3) is 0.833. The molecule has 3 nitrogen and oxygen atoms in total. The highest BCUT2D eigenvalue weighted by Gasteiger charge is 2.22. The quantitative estimate of drug-likeness (QED) is 0.608. The van der Waals surface area contributed by atoms with E-state index >= 15 is 0 Å². The Labute approximate surface area is 64.8 Å². The predicted octanol–water partition coefficient (Wildman–Crippen LogP) is 0.272. The minimum atomic E-state index is -0.651. The summed E-state index contributed by atoms with van der Waals surface area (Å²) in [6.45, 7) is 1.57. The lowest BCUT2D eigenvalue weighted by Crippen LogP contribution is -2.29. The molecule has 60 valence electrons. The molecular weight excluding hydrogens is 152 g/mol. The maximum absolute atomic E-state index is 10.8. The van der Waals surface area contributed by atoms with Gasteiger partial charge in [0, 0.05) is 0 Å². The van der Waals surface area contributed by atoms with E-state index in [9.17, 15) is 4.79 Å². The molecule has 0 spiro atoms. The van der Waals surface area contributed by atoms with Gasteiger partial charge >= 0.3 is 5.97 Å². The predicted molar refractivity (Wildman–Crippen MR) is 41.0 cm³/mol. The molecule has 1 N–H and O–H groups in total. The summed E-state index contributed by atoms with van der Waals surface area (Å²) >= 11 is 1.29. The summed E-state index contributed by atoms with van der Waals surface area (Å²) in [4.78, 5) is 10.8. The van der Waals surface area contributed by atoms with Gasteiger partial charge in [-0.2, -0.15) is 0 Å². The van der Waals surface area contributed by atoms with Crippen LogP contribution in [0.4, 0.5) is 0 Å². The second-order valence-corrected chi connectivity index (χ2v) is 2.90. The molecule has 0 saturated carbocycles. The number of esters is 1. The largest absolute Gasteiger partial charge is 0.468 e. The number of ether oxygens (including phenoxy) is 1. The second-order valence-electron chi connectivity index (χ2n) is 1.92. The monoisotopic (exact) mass is 164 g/mol. The maximum atomic E-state index is 10.8. The number of rotatable bonds is 3. The molecule has 4 heteroatoms. The smallest absolute Gasteiger partial charge is 0.321 e. The highest BCUT2D eigenvalue weighted by atomic mass is 32.2. The normalized spacial score (nSPS) is 16.0. The Morgan fingerprint density at radius 3 is 2.30 bits per heavy atom. The van der Waals surface area contributed by atoms with E-state index in [0.29, 0.717) is 0 Å². The minimum Gasteiger partial charge on any atom is -0.468 e. The Bertz CT molecular complexity index is 114. The summed E-state index contributed by atoms with van der Waals surface area (Å²) in [5, 5.41) is 8.54. The number of hydrogen-bond donors (Lipinski definition) is 1. The van der Waals surface area contributed by atoms with Crippen LogP contribution in [0, 0.1) is 0 Å². The van der Waals surface area contributed by atoms with Crippen molar-refractivity contribution in [3.05, 3.63) is 0 Å². The first-order valence-electron chi connectivity index (χ1n) is 2.92. The molecule has 10 heavy (non-hydrogen) atoms. The van der Waals surface area contributed by atoms with E-state index < -0.39 is 11.4 Å². The molecule has 0 aliphatic carbocycles. The van der Waals surface area contributed by atoms with Gasteiger partial charge in [0.25, 0.3) is 0 Å². The van der Waals surface area contributed by atoms with Crippen LogP contribution in [0.3, 0.4) is 0 Å². The number of carbonyl (C=O) groups excluding carboxylic acids is 1. The number of aliphatic hydroxyl groups is 1. The molecule has 0 bridgehead atoms. The van der Waals surface area contributed by atoms with Crippen molar-refractivity contribution in [3.63, 3.8) is 0 Å². The van der Waals surface area contributed by atoms with Gasteiger partial charge in [0.2, 0.25) is 0 Å². The van der Waals surface area contributed by atoms with E-state index in [0.717, 1.165) is 0 Å². The van der Waals surface area contributed by atoms with E-state index in [1.54, 1.807) is 13.2 Å². The van der Waals surface area contributed by atoms with Crippen LogP contribution in [0.15, 0.2) is 0 Å². The lowest BCUT2D eigenvalue weighted by atomic mass is 10.3. The fourth-order valence-corrected chi connectivity index (χ4v) is 1.29. The van der Waals surface area contributed by atoms with Gasteiger partial charge in [-0.15, -0.1) is 11.8 Å². The van der Waals surface area contributed by atoms with Crippen LogP contribution in [0.25, 0.3) is 0 Å². The third kappa shape index (κ3) is 2.58. The lowest BCUT2D eigenvalue weighted by molar-refractivity contribution is -0.141. The zero-order valence-electron chi connectivity index (χ0n) is 6.33. The van der Waals surface area contributed by atoms with Crippen molar-refractivity contribution in [1.82, 2.24) is 0 Å². The van der Waals surface area contributed by atoms with Gasteiger partial charge in [-0.05, 0) is 13.2 Å². The van der Waals surface area contributed by atoms with E-state index in [4.69, 9.17) is 5.11 Å². The first-order chi connectivity index (χ1) is 4.63. The zero-order chi connectivity index (χ0) is 8.15. The zero-order valence-corrected chi connectivity index (χ0v) is 7.14. The van der Waals surface area contributed by atoms with E-state index in [1.165, 1.54) is 18.9 Å². The maximum Gasteiger partial charge on any atom is 0.321 e. The molecular formula is C6H12O3S. The third-order valence-corrected chi connectivity index (χ3v) is 2.22. The number of carbonyl (C=O) groups is 1. The van der Waals surface area contributed by atoms with Gasteiger partial charge < -0.3 is 9.84 Å². The fourth-order valence-electron chi connectivity index (χ4n) is 0.606. The van der Waals surface area contributed by atoms with Gasteiger partial charge in [-0.25, -0.2) is 0 Å². The average molecular weight is 164 g/mol. The van der Waals surface area contributed by atoms with Gasteiger partial charge in [0.1, 0.15) is 5.25 Å². The van der Waals surface area contributed by atoms with Crippen LogP contribution in [0.2, 0.25) is 0 Å². The number of hydrogen-bond acceptors (Lipinski definition) is 4. The summed E-state index contributed by atoms with van der Waals surface area (Å²) < 4.78 is 4.44. The summed E-state index contributed by atoms with van der Waals surface area (Å²) in [5.41, 5.74) is 0. The molecule has 0 amide bonds. The van der Waals surface area contributed by atoms with Crippen LogP contribution in [0.1, 0.15) is 6.92 Å². The van der Waals surface area contributed by atoms with Crippen molar-refractivity contribution in [3.8, 4) is 0 Å². The Morgan fingerprint density at radius 2 is 2.20 bits per heavy atom. The third-order valence-electron chi connectivity index (χ3n) is 1.13. The number of methoxy groups -OCH3 is 1. The Morgan fingerprint density at radius 1 is 1.70 bits per heavy atom. The van der Waals surface area contributed by atoms with E-state index in [2.05, 4.69) is 4.74 Å². The summed E-state index contributed by atoms with van der Waals surface area (Å²) in [5.74, 6) is -0.373. The molecule has 0 fully saturated rings. The molecule has 0 unspecified atom stereocenters. The molecule has 0 heterocycles. The van der Waals surface area contributed by atoms with Gasteiger partial charge in [0.15, 0.2) is 0 Å². The lowest BCUT2D eigenvalue weighted by Gasteiger charge is -2.13. The SMILES string of the molecule is COC(=O)[C@H](SC)[C@@H](C)O.